The summed E-state index contributed by atoms with van der Waals surface area (Å²) in [6.07, 6.45) is 3.03. The number of nitrogens with one attached hydrogen (secondary N) is 1. The molecule has 1 aliphatic carbocycles. The van der Waals surface area contributed by atoms with Crippen molar-refractivity contribution in [1.82, 2.24) is 5.32 Å². The number of amides is 2. The van der Waals surface area contributed by atoms with Crippen LogP contribution in [-0.2, 0) is 11.2 Å². The lowest BCUT2D eigenvalue weighted by molar-refractivity contribution is 0.0931. The van der Waals surface area contributed by atoms with E-state index in [0.717, 1.165) is 24.9 Å². The number of hydrogen-bond acceptors (Lipinski definition) is 3. The van der Waals surface area contributed by atoms with Gasteiger partial charge < -0.3 is 10.1 Å². The van der Waals surface area contributed by atoms with Gasteiger partial charge in [-0.05, 0) is 66.5 Å². The van der Waals surface area contributed by atoms with Crippen molar-refractivity contribution >= 4 is 17.7 Å². The third-order valence-corrected chi connectivity index (χ3v) is 5.56. The van der Waals surface area contributed by atoms with Gasteiger partial charge in [0.2, 0.25) is 0 Å². The minimum Gasteiger partial charge on any atom is -0.447 e. The van der Waals surface area contributed by atoms with Crippen LogP contribution in [0.25, 0.3) is 0 Å². The van der Waals surface area contributed by atoms with E-state index >= 15 is 0 Å². The highest BCUT2D eigenvalue weighted by molar-refractivity contribution is 5.96. The average molecular weight is 392 g/mol. The molecule has 0 bridgehead atoms. The van der Waals surface area contributed by atoms with E-state index in [-0.39, 0.29) is 18.0 Å². The lowest BCUT2D eigenvalue weighted by Crippen LogP contribution is -2.30. The lowest BCUT2D eigenvalue weighted by Gasteiger charge is -2.20. The largest absolute Gasteiger partial charge is 0.447 e. The van der Waals surface area contributed by atoms with Crippen molar-refractivity contribution in [3.63, 3.8) is 0 Å². The SMILES string of the molecule is CC(C)Cc1ccc(C(NC(=O)c2ccc(N3CCOC3=O)cc2)C2CC2)cc1. The molecule has 0 spiro atoms. The third kappa shape index (κ3) is 4.61. The molecule has 152 valence electrons. The molecule has 4 rings (SSSR count). The number of nitrogens with zero attached hydrogens (tertiary/aromatic N) is 1. The Morgan fingerprint density at radius 1 is 1.10 bits per heavy atom. The van der Waals surface area contributed by atoms with Gasteiger partial charge >= 0.3 is 6.09 Å². The maximum absolute atomic E-state index is 12.9. The Morgan fingerprint density at radius 3 is 2.34 bits per heavy atom. The summed E-state index contributed by atoms with van der Waals surface area (Å²) in [7, 11) is 0. The van der Waals surface area contributed by atoms with Crippen molar-refractivity contribution in [3.8, 4) is 0 Å². The zero-order valence-electron chi connectivity index (χ0n) is 17.1. The van der Waals surface area contributed by atoms with Crippen LogP contribution >= 0.6 is 0 Å². The molecule has 1 heterocycles. The first-order chi connectivity index (χ1) is 14.0. The molecule has 2 aromatic carbocycles. The highest BCUT2D eigenvalue weighted by atomic mass is 16.6. The Hall–Kier alpha value is -2.82. The minimum absolute atomic E-state index is 0.0452. The van der Waals surface area contributed by atoms with Crippen LogP contribution < -0.4 is 10.2 Å². The van der Waals surface area contributed by atoms with E-state index in [9.17, 15) is 9.59 Å². The molecular formula is C24H28N2O3. The van der Waals surface area contributed by atoms with Crippen molar-refractivity contribution in [2.24, 2.45) is 11.8 Å². The molecule has 2 fully saturated rings. The number of benzene rings is 2. The van der Waals surface area contributed by atoms with Crippen molar-refractivity contribution in [1.29, 1.82) is 0 Å². The molecule has 1 aliphatic heterocycles. The third-order valence-electron chi connectivity index (χ3n) is 5.56. The Labute approximate surface area is 172 Å². The summed E-state index contributed by atoms with van der Waals surface area (Å²) < 4.78 is 4.97. The van der Waals surface area contributed by atoms with Crippen LogP contribution in [0.15, 0.2) is 48.5 Å². The monoisotopic (exact) mass is 392 g/mol. The molecule has 2 aromatic rings. The second kappa shape index (κ2) is 8.27. The molecule has 5 nitrogen and oxygen atoms in total. The standard InChI is InChI=1S/C24H28N2O3/c1-16(2)15-17-3-5-18(6-4-17)22(19-7-8-19)25-23(27)20-9-11-21(12-10-20)26-13-14-29-24(26)28/h3-6,9-12,16,19,22H,7-8,13-15H2,1-2H3,(H,25,27). The van der Waals surface area contributed by atoms with Crippen molar-refractivity contribution in [2.75, 3.05) is 18.1 Å². The number of cyclic esters (lactones) is 1. The van der Waals surface area contributed by atoms with E-state index in [0.29, 0.717) is 30.6 Å². The van der Waals surface area contributed by atoms with Gasteiger partial charge in [0.25, 0.3) is 5.91 Å². The molecule has 1 N–H and O–H groups in total. The van der Waals surface area contributed by atoms with Gasteiger partial charge in [0, 0.05) is 11.3 Å². The van der Waals surface area contributed by atoms with Crippen LogP contribution in [0.1, 0.15) is 54.2 Å². The van der Waals surface area contributed by atoms with E-state index in [1.807, 2.05) is 0 Å². The Morgan fingerprint density at radius 2 is 1.79 bits per heavy atom. The van der Waals surface area contributed by atoms with Gasteiger partial charge in [0.1, 0.15) is 6.61 Å². The number of carbonyl (C=O) groups excluding carboxylic acids is 2. The van der Waals surface area contributed by atoms with E-state index < -0.39 is 0 Å². The topological polar surface area (TPSA) is 58.6 Å². The lowest BCUT2D eigenvalue weighted by atomic mass is 9.97. The highest BCUT2D eigenvalue weighted by Crippen LogP contribution is 2.41. The zero-order chi connectivity index (χ0) is 20.4. The summed E-state index contributed by atoms with van der Waals surface area (Å²) >= 11 is 0. The van der Waals surface area contributed by atoms with E-state index in [2.05, 4.69) is 43.4 Å². The first-order valence-corrected chi connectivity index (χ1v) is 10.5. The molecule has 1 unspecified atom stereocenters. The van der Waals surface area contributed by atoms with Crippen LogP contribution in [0.3, 0.4) is 0 Å². The number of ether oxygens (including phenoxy) is 1. The van der Waals surface area contributed by atoms with Crippen molar-refractivity contribution in [2.45, 2.75) is 39.2 Å². The maximum Gasteiger partial charge on any atom is 0.414 e. The number of rotatable bonds is 7. The molecule has 1 saturated heterocycles. The Balaban J connectivity index is 1.44. The van der Waals surface area contributed by atoms with Gasteiger partial charge in [-0.25, -0.2) is 4.79 Å². The van der Waals surface area contributed by atoms with Crippen LogP contribution in [0, 0.1) is 11.8 Å². The molecule has 1 atom stereocenters. The highest BCUT2D eigenvalue weighted by Gasteiger charge is 2.33. The fraction of sp³-hybridized carbons (Fsp3) is 0.417. The summed E-state index contributed by atoms with van der Waals surface area (Å²) in [4.78, 5) is 26.1. The molecule has 2 amide bonds. The Kier molecular flexibility index (Phi) is 5.56. The van der Waals surface area contributed by atoms with Crippen LogP contribution in [-0.4, -0.2) is 25.2 Å². The maximum atomic E-state index is 12.9. The molecule has 29 heavy (non-hydrogen) atoms. The first-order valence-electron chi connectivity index (χ1n) is 10.5. The summed E-state index contributed by atoms with van der Waals surface area (Å²) in [6, 6.07) is 15.9. The molecule has 2 aliphatic rings. The van der Waals surface area contributed by atoms with E-state index in [4.69, 9.17) is 4.74 Å². The van der Waals surface area contributed by atoms with E-state index in [1.165, 1.54) is 11.1 Å². The second-order valence-electron chi connectivity index (χ2n) is 8.44. The second-order valence-corrected chi connectivity index (χ2v) is 8.44. The molecule has 1 saturated carbocycles. The molecular weight excluding hydrogens is 364 g/mol. The van der Waals surface area contributed by atoms with Gasteiger partial charge in [-0.1, -0.05) is 38.1 Å². The summed E-state index contributed by atoms with van der Waals surface area (Å²) in [5.74, 6) is 1.06. The summed E-state index contributed by atoms with van der Waals surface area (Å²) in [6.45, 7) is 5.39. The zero-order valence-corrected chi connectivity index (χ0v) is 17.1. The van der Waals surface area contributed by atoms with Crippen molar-refractivity contribution in [3.05, 3.63) is 65.2 Å². The van der Waals surface area contributed by atoms with Gasteiger partial charge in [-0.2, -0.15) is 0 Å². The van der Waals surface area contributed by atoms with Gasteiger partial charge in [0.05, 0.1) is 12.6 Å². The number of carbonyl (C=O) groups is 2. The number of hydrogen-bond donors (Lipinski definition) is 1. The predicted octanol–water partition coefficient (Wildman–Crippen LogP) is 4.72. The van der Waals surface area contributed by atoms with Crippen molar-refractivity contribution < 1.29 is 14.3 Å². The number of anilines is 1. The fourth-order valence-electron chi connectivity index (χ4n) is 3.88. The quantitative estimate of drug-likeness (QED) is 0.741. The van der Waals surface area contributed by atoms with Crippen LogP contribution in [0.2, 0.25) is 0 Å². The van der Waals surface area contributed by atoms with Crippen LogP contribution in [0.4, 0.5) is 10.5 Å². The average Bonchev–Trinajstić information content (AvgIpc) is 3.47. The Bertz CT molecular complexity index is 870. The van der Waals surface area contributed by atoms with Gasteiger partial charge in [-0.3, -0.25) is 9.69 Å². The molecule has 5 heteroatoms. The molecule has 0 radical (unpaired) electrons. The van der Waals surface area contributed by atoms with E-state index in [1.54, 1.807) is 29.2 Å². The fourth-order valence-corrected chi connectivity index (χ4v) is 3.88. The summed E-state index contributed by atoms with van der Waals surface area (Å²) in [5.41, 5.74) is 3.86. The van der Waals surface area contributed by atoms with Crippen LogP contribution in [0.5, 0.6) is 0 Å². The first kappa shape index (κ1) is 19.5. The minimum atomic E-state index is -0.336. The normalized spacial score (nSPS) is 17.3. The van der Waals surface area contributed by atoms with Gasteiger partial charge in [-0.15, -0.1) is 0 Å². The smallest absolute Gasteiger partial charge is 0.414 e. The van der Waals surface area contributed by atoms with Gasteiger partial charge in [0.15, 0.2) is 0 Å². The predicted molar refractivity (Wildman–Crippen MR) is 113 cm³/mol. The molecule has 0 aromatic heterocycles. The summed E-state index contributed by atoms with van der Waals surface area (Å²) in [5, 5.41) is 3.23.